The van der Waals surface area contributed by atoms with E-state index in [1.54, 1.807) is 0 Å². The van der Waals surface area contributed by atoms with Crippen LogP contribution in [0.1, 0.15) is 26.7 Å². The van der Waals surface area contributed by atoms with Crippen molar-refractivity contribution < 1.29 is 14.5 Å². The van der Waals surface area contributed by atoms with Crippen molar-refractivity contribution in [3.8, 4) is 0 Å². The first kappa shape index (κ1) is 13.7. The molecule has 8 nitrogen and oxygen atoms in total. The third-order valence-electron chi connectivity index (χ3n) is 1.99. The van der Waals surface area contributed by atoms with Crippen LogP contribution in [-0.4, -0.2) is 36.7 Å². The van der Waals surface area contributed by atoms with Gasteiger partial charge < -0.3 is 14.8 Å². The maximum Gasteiger partial charge on any atom is 0.259 e. The number of hydrogen-bond donors (Lipinski definition) is 2. The molecule has 0 spiro atoms. The van der Waals surface area contributed by atoms with Crippen LogP contribution in [0.2, 0.25) is 0 Å². The summed E-state index contributed by atoms with van der Waals surface area (Å²) in [6.07, 6.45) is 0.703. The first-order valence-electron chi connectivity index (χ1n) is 5.66. The number of nitrogens with one attached hydrogen (secondary N) is 2. The molecule has 0 aromatic carbocycles. The van der Waals surface area contributed by atoms with Crippen molar-refractivity contribution in [2.75, 3.05) is 13.2 Å². The molecule has 8 heteroatoms. The second-order valence-corrected chi connectivity index (χ2v) is 3.54. The molecule has 1 rings (SSSR count). The monoisotopic (exact) mass is 246 g/mol. The van der Waals surface area contributed by atoms with Crippen LogP contribution >= 0.6 is 0 Å². The number of guanidine groups is 1. The van der Waals surface area contributed by atoms with Gasteiger partial charge in [0.25, 0.3) is 5.96 Å². The fraction of sp³-hybridized carbons (Fsp3) is 0.889. The average molecular weight is 246 g/mol. The molecule has 1 heterocycles. The number of aliphatic imine (C=N–C) groups is 1. The Morgan fingerprint density at radius 3 is 2.65 bits per heavy atom. The lowest BCUT2D eigenvalue weighted by Gasteiger charge is -2.18. The van der Waals surface area contributed by atoms with Crippen molar-refractivity contribution in [2.24, 2.45) is 4.99 Å². The number of hydrazine groups is 1. The summed E-state index contributed by atoms with van der Waals surface area (Å²) in [5.74, 6) is 0.0669. The fourth-order valence-electron chi connectivity index (χ4n) is 1.32. The van der Waals surface area contributed by atoms with Crippen LogP contribution in [0, 0.1) is 10.1 Å². The molecule has 0 amide bonds. The van der Waals surface area contributed by atoms with Crippen molar-refractivity contribution in [3.63, 3.8) is 0 Å². The molecule has 0 saturated heterocycles. The molecule has 0 saturated carbocycles. The van der Waals surface area contributed by atoms with E-state index in [-0.39, 0.29) is 5.96 Å². The first-order valence-corrected chi connectivity index (χ1v) is 5.66. The molecular weight excluding hydrogens is 228 g/mol. The highest BCUT2D eigenvalue weighted by Crippen LogP contribution is 2.10. The Hall–Kier alpha value is -1.41. The maximum atomic E-state index is 10.3. The van der Waals surface area contributed by atoms with E-state index < -0.39 is 17.5 Å². The number of nitro groups is 1. The summed E-state index contributed by atoms with van der Waals surface area (Å²) in [6.45, 7) is 5.04. The molecular formula is C9H18N4O4. The van der Waals surface area contributed by atoms with Gasteiger partial charge in [0.15, 0.2) is 17.5 Å². The molecule has 1 aliphatic heterocycles. The molecule has 0 radical (unpaired) electrons. The molecule has 0 aromatic rings. The van der Waals surface area contributed by atoms with E-state index in [2.05, 4.69) is 10.3 Å². The molecule has 0 fully saturated rings. The fourth-order valence-corrected chi connectivity index (χ4v) is 1.32. The molecule has 1 aliphatic rings. The SMILES string of the molecule is CCCOC1N=C(N[N+](=O)[O-])NC1OCCC. The van der Waals surface area contributed by atoms with Gasteiger partial charge in [-0.1, -0.05) is 19.3 Å². The van der Waals surface area contributed by atoms with Crippen molar-refractivity contribution in [1.29, 1.82) is 0 Å². The van der Waals surface area contributed by atoms with Crippen molar-refractivity contribution in [2.45, 2.75) is 39.1 Å². The van der Waals surface area contributed by atoms with Gasteiger partial charge in [0.2, 0.25) is 0 Å². The average Bonchev–Trinajstić information content (AvgIpc) is 2.64. The van der Waals surface area contributed by atoms with Crippen molar-refractivity contribution in [1.82, 2.24) is 10.7 Å². The zero-order chi connectivity index (χ0) is 12.7. The summed E-state index contributed by atoms with van der Waals surface area (Å²) in [5, 5.41) is 12.4. The van der Waals surface area contributed by atoms with E-state index in [4.69, 9.17) is 9.47 Å². The minimum Gasteiger partial charge on any atom is -0.354 e. The van der Waals surface area contributed by atoms with E-state index in [1.165, 1.54) is 0 Å². The lowest BCUT2D eigenvalue weighted by atomic mass is 10.4. The highest BCUT2D eigenvalue weighted by atomic mass is 16.7. The second kappa shape index (κ2) is 7.02. The Morgan fingerprint density at radius 2 is 2.06 bits per heavy atom. The van der Waals surface area contributed by atoms with E-state index in [1.807, 2.05) is 19.3 Å². The quantitative estimate of drug-likeness (QED) is 0.493. The lowest BCUT2D eigenvalue weighted by Crippen LogP contribution is -2.44. The van der Waals surface area contributed by atoms with Crippen LogP contribution in [0.5, 0.6) is 0 Å². The largest absolute Gasteiger partial charge is 0.354 e. The summed E-state index contributed by atoms with van der Waals surface area (Å²) in [5.41, 5.74) is 1.96. The predicted molar refractivity (Wildman–Crippen MR) is 60.8 cm³/mol. The highest BCUT2D eigenvalue weighted by molar-refractivity contribution is 5.80. The van der Waals surface area contributed by atoms with E-state index in [0.29, 0.717) is 13.2 Å². The summed E-state index contributed by atoms with van der Waals surface area (Å²) < 4.78 is 10.9. The third kappa shape index (κ3) is 4.53. The molecule has 0 bridgehead atoms. The first-order chi connectivity index (χ1) is 8.17. The molecule has 2 atom stereocenters. The molecule has 0 aliphatic carbocycles. The van der Waals surface area contributed by atoms with E-state index >= 15 is 0 Å². The van der Waals surface area contributed by atoms with E-state index in [9.17, 15) is 10.1 Å². The van der Waals surface area contributed by atoms with Crippen LogP contribution < -0.4 is 10.7 Å². The summed E-state index contributed by atoms with van der Waals surface area (Å²) >= 11 is 0. The Bertz CT molecular complexity index is 284. The van der Waals surface area contributed by atoms with Gasteiger partial charge in [0.05, 0.1) is 0 Å². The van der Waals surface area contributed by atoms with Gasteiger partial charge in [-0.15, -0.1) is 0 Å². The topological polar surface area (TPSA) is 98.0 Å². The smallest absolute Gasteiger partial charge is 0.259 e. The number of hydrogen-bond acceptors (Lipinski definition) is 6. The summed E-state index contributed by atoms with van der Waals surface area (Å²) in [7, 11) is 0. The molecule has 2 N–H and O–H groups in total. The van der Waals surface area contributed by atoms with Crippen molar-refractivity contribution in [3.05, 3.63) is 10.1 Å². The van der Waals surface area contributed by atoms with E-state index in [0.717, 1.165) is 12.8 Å². The van der Waals surface area contributed by atoms with Crippen LogP contribution in [0.3, 0.4) is 0 Å². The number of nitrogens with zero attached hydrogens (tertiary/aromatic N) is 2. The van der Waals surface area contributed by atoms with Gasteiger partial charge >= 0.3 is 0 Å². The van der Waals surface area contributed by atoms with Crippen LogP contribution in [0.4, 0.5) is 0 Å². The van der Waals surface area contributed by atoms with Gasteiger partial charge in [-0.3, -0.25) is 0 Å². The third-order valence-corrected chi connectivity index (χ3v) is 1.99. The molecule has 0 aromatic heterocycles. The van der Waals surface area contributed by atoms with Gasteiger partial charge in [0.1, 0.15) is 0 Å². The second-order valence-electron chi connectivity index (χ2n) is 3.54. The van der Waals surface area contributed by atoms with Crippen LogP contribution in [0.25, 0.3) is 0 Å². The normalized spacial score (nSPS) is 23.1. The Morgan fingerprint density at radius 1 is 1.41 bits per heavy atom. The van der Waals surface area contributed by atoms with Gasteiger partial charge in [-0.05, 0) is 12.8 Å². The summed E-state index contributed by atoms with van der Waals surface area (Å²) in [6, 6.07) is 0. The van der Waals surface area contributed by atoms with Gasteiger partial charge in [-0.2, -0.15) is 0 Å². The lowest BCUT2D eigenvalue weighted by molar-refractivity contribution is -0.525. The number of rotatable bonds is 7. The van der Waals surface area contributed by atoms with Gasteiger partial charge in [-0.25, -0.2) is 15.1 Å². The standard InChI is InChI=1S/C9H18N4O4/c1-3-5-16-7-8(17-6-4-2)11-9(10-7)12-13(14)15/h7-8H,3-6H2,1-2H3,(H2,10,11,12). The molecule has 17 heavy (non-hydrogen) atoms. The predicted octanol–water partition coefficient (Wildman–Crippen LogP) is 0.232. The minimum absolute atomic E-state index is 0.0669. The maximum absolute atomic E-state index is 10.3. The van der Waals surface area contributed by atoms with Crippen molar-refractivity contribution >= 4 is 5.96 Å². The number of ether oxygens (including phenoxy) is 2. The molecule has 98 valence electrons. The minimum atomic E-state index is -0.676. The highest BCUT2D eigenvalue weighted by Gasteiger charge is 2.31. The molecule has 2 unspecified atom stereocenters. The van der Waals surface area contributed by atoms with Gasteiger partial charge in [0, 0.05) is 13.2 Å². The van der Waals surface area contributed by atoms with Crippen LogP contribution in [-0.2, 0) is 9.47 Å². The Balaban J connectivity index is 2.50. The van der Waals surface area contributed by atoms with Crippen LogP contribution in [0.15, 0.2) is 4.99 Å². The zero-order valence-corrected chi connectivity index (χ0v) is 10.0. The zero-order valence-electron chi connectivity index (χ0n) is 10.0. The summed E-state index contributed by atoms with van der Waals surface area (Å²) in [4.78, 5) is 14.3. The Kier molecular flexibility index (Phi) is 5.64. The Labute approximate surface area is 99.5 Å².